The molecule has 1 aromatic heterocycles. The Morgan fingerprint density at radius 1 is 1.06 bits per heavy atom. The summed E-state index contributed by atoms with van der Waals surface area (Å²) in [5, 5.41) is 5.46. The minimum absolute atomic E-state index is 0.0540. The molecule has 4 rings (SSSR count). The maximum atomic E-state index is 13.8. The first-order valence-electron chi connectivity index (χ1n) is 10.6. The predicted octanol–water partition coefficient (Wildman–Crippen LogP) is 5.61. The topological polar surface area (TPSA) is 70.4 Å². The number of amides is 1. The quantitative estimate of drug-likeness (QED) is 0.363. The second-order valence-electron chi connectivity index (χ2n) is 7.31. The number of anilines is 2. The zero-order valence-corrected chi connectivity index (χ0v) is 19.1. The number of carbonyl (C=O) groups excluding carboxylic acids is 1. The van der Waals surface area contributed by atoms with Crippen LogP contribution in [0.2, 0.25) is 0 Å². The van der Waals surface area contributed by atoms with Crippen LogP contribution in [0, 0.1) is 5.82 Å². The summed E-state index contributed by atoms with van der Waals surface area (Å²) in [6.45, 7) is 6.13. The molecule has 0 spiro atoms. The van der Waals surface area contributed by atoms with Gasteiger partial charge in [-0.15, -0.1) is 0 Å². The Morgan fingerprint density at radius 3 is 2.48 bits per heavy atom. The number of oxazole rings is 1. The fourth-order valence-corrected chi connectivity index (χ4v) is 3.72. The van der Waals surface area contributed by atoms with E-state index in [2.05, 4.69) is 46.5 Å². The number of hydrogen-bond acceptors (Lipinski definition) is 5. The maximum Gasteiger partial charge on any atom is 0.260 e. The molecule has 33 heavy (non-hydrogen) atoms. The molecule has 0 aliphatic heterocycles. The van der Waals surface area contributed by atoms with Crippen LogP contribution in [-0.2, 0) is 0 Å². The van der Waals surface area contributed by atoms with E-state index < -0.39 is 11.7 Å². The molecule has 168 valence electrons. The van der Waals surface area contributed by atoms with Crippen molar-refractivity contribution in [1.29, 1.82) is 0 Å². The summed E-state index contributed by atoms with van der Waals surface area (Å²) in [6, 6.07) is 19.1. The number of fused-ring (bicyclic) bond motifs is 1. The van der Waals surface area contributed by atoms with E-state index in [0.717, 1.165) is 24.3 Å². The number of carbonyl (C=O) groups is 1. The summed E-state index contributed by atoms with van der Waals surface area (Å²) in [7, 11) is 0. The highest BCUT2D eigenvalue weighted by atomic mass is 32.1. The fraction of sp³-hybridized carbons (Fsp3) is 0.160. The first-order valence-corrected chi connectivity index (χ1v) is 11.0. The Bertz CT molecular complexity index is 1300. The van der Waals surface area contributed by atoms with E-state index in [1.165, 1.54) is 18.2 Å². The van der Waals surface area contributed by atoms with Crippen LogP contribution in [0.25, 0.3) is 22.6 Å². The van der Waals surface area contributed by atoms with Crippen LogP contribution < -0.4 is 15.5 Å². The van der Waals surface area contributed by atoms with E-state index in [4.69, 9.17) is 16.6 Å². The highest BCUT2D eigenvalue weighted by Crippen LogP contribution is 2.28. The van der Waals surface area contributed by atoms with Crippen LogP contribution >= 0.6 is 12.2 Å². The number of hydrogen-bond donors (Lipinski definition) is 2. The molecule has 0 aliphatic carbocycles. The van der Waals surface area contributed by atoms with Gasteiger partial charge < -0.3 is 14.6 Å². The third-order valence-electron chi connectivity index (χ3n) is 5.23. The predicted molar refractivity (Wildman–Crippen MR) is 133 cm³/mol. The summed E-state index contributed by atoms with van der Waals surface area (Å²) in [5.41, 5.74) is 3.85. The van der Waals surface area contributed by atoms with Crippen molar-refractivity contribution in [1.82, 2.24) is 10.3 Å². The van der Waals surface area contributed by atoms with Gasteiger partial charge in [-0.2, -0.15) is 0 Å². The minimum atomic E-state index is -0.622. The Labute approximate surface area is 196 Å². The number of benzene rings is 3. The van der Waals surface area contributed by atoms with Crippen molar-refractivity contribution in [2.45, 2.75) is 13.8 Å². The van der Waals surface area contributed by atoms with Gasteiger partial charge in [-0.05, 0) is 80.7 Å². The Morgan fingerprint density at radius 2 is 1.79 bits per heavy atom. The summed E-state index contributed by atoms with van der Waals surface area (Å²) in [6.07, 6.45) is 0. The lowest BCUT2D eigenvalue weighted by atomic mass is 10.2. The standard InChI is InChI=1S/C25H23FN4O2S/c1-3-30(4-2)18-12-9-16(10-13-18)24-28-21-15-17(11-14-22(21)32-24)27-25(33)29-23(31)19-7-5-6-8-20(19)26/h5-15H,3-4H2,1-2H3,(H2,27,29,31,33). The summed E-state index contributed by atoms with van der Waals surface area (Å²) in [4.78, 5) is 19.1. The fourth-order valence-electron chi connectivity index (χ4n) is 3.51. The van der Waals surface area contributed by atoms with Crippen molar-refractivity contribution in [3.8, 4) is 11.5 Å². The number of rotatable bonds is 6. The first-order chi connectivity index (χ1) is 16.0. The zero-order valence-electron chi connectivity index (χ0n) is 18.3. The normalized spacial score (nSPS) is 10.8. The van der Waals surface area contributed by atoms with Crippen LogP contribution in [-0.4, -0.2) is 29.1 Å². The molecule has 0 fully saturated rings. The summed E-state index contributed by atoms with van der Waals surface area (Å²) < 4.78 is 19.7. The smallest absolute Gasteiger partial charge is 0.260 e. The summed E-state index contributed by atoms with van der Waals surface area (Å²) in [5.74, 6) is -0.716. The zero-order chi connectivity index (χ0) is 23.4. The van der Waals surface area contributed by atoms with E-state index in [9.17, 15) is 9.18 Å². The maximum absolute atomic E-state index is 13.8. The molecule has 0 radical (unpaired) electrons. The van der Waals surface area contributed by atoms with Crippen LogP contribution in [0.4, 0.5) is 15.8 Å². The lowest BCUT2D eigenvalue weighted by Gasteiger charge is -2.20. The van der Waals surface area contributed by atoms with E-state index in [0.29, 0.717) is 22.7 Å². The van der Waals surface area contributed by atoms with Gasteiger partial charge in [-0.25, -0.2) is 9.37 Å². The third-order valence-corrected chi connectivity index (χ3v) is 5.44. The third kappa shape index (κ3) is 5.01. The number of halogens is 1. The van der Waals surface area contributed by atoms with E-state index >= 15 is 0 Å². The Balaban J connectivity index is 1.47. The molecule has 0 saturated heterocycles. The molecular formula is C25H23FN4O2S. The molecular weight excluding hydrogens is 439 g/mol. The van der Waals surface area contributed by atoms with Crippen molar-refractivity contribution in [2.75, 3.05) is 23.3 Å². The molecule has 3 aromatic carbocycles. The van der Waals surface area contributed by atoms with Gasteiger partial charge in [0.25, 0.3) is 5.91 Å². The van der Waals surface area contributed by atoms with Gasteiger partial charge in [0.15, 0.2) is 10.7 Å². The Kier molecular flexibility index (Phi) is 6.65. The van der Waals surface area contributed by atoms with Crippen LogP contribution in [0.1, 0.15) is 24.2 Å². The van der Waals surface area contributed by atoms with Gasteiger partial charge in [0.05, 0.1) is 5.56 Å². The molecule has 6 nitrogen and oxygen atoms in total. The van der Waals surface area contributed by atoms with Crippen molar-refractivity contribution in [3.05, 3.63) is 78.1 Å². The Hall–Kier alpha value is -3.78. The van der Waals surface area contributed by atoms with Gasteiger partial charge in [-0.3, -0.25) is 10.1 Å². The average molecular weight is 463 g/mol. The number of aromatic nitrogens is 1. The number of nitrogens with one attached hydrogen (secondary N) is 2. The SMILES string of the molecule is CCN(CC)c1ccc(-c2nc3cc(NC(=S)NC(=O)c4ccccc4F)ccc3o2)cc1. The lowest BCUT2D eigenvalue weighted by molar-refractivity contribution is 0.0974. The van der Waals surface area contributed by atoms with Gasteiger partial charge in [0.1, 0.15) is 11.3 Å². The van der Waals surface area contributed by atoms with E-state index in [1.54, 1.807) is 24.3 Å². The molecule has 2 N–H and O–H groups in total. The first kappa shape index (κ1) is 22.4. The lowest BCUT2D eigenvalue weighted by Crippen LogP contribution is -2.34. The van der Waals surface area contributed by atoms with Crippen LogP contribution in [0.15, 0.2) is 71.1 Å². The molecule has 0 unspecified atom stereocenters. The molecule has 0 aliphatic rings. The second kappa shape index (κ2) is 9.79. The van der Waals surface area contributed by atoms with Crippen molar-refractivity contribution < 1.29 is 13.6 Å². The summed E-state index contributed by atoms with van der Waals surface area (Å²) >= 11 is 5.20. The molecule has 8 heteroatoms. The minimum Gasteiger partial charge on any atom is -0.436 e. The highest BCUT2D eigenvalue weighted by molar-refractivity contribution is 7.80. The molecule has 4 aromatic rings. The molecule has 0 atom stereocenters. The van der Waals surface area contributed by atoms with Gasteiger partial charge in [0, 0.05) is 30.0 Å². The molecule has 0 bridgehead atoms. The highest BCUT2D eigenvalue weighted by Gasteiger charge is 2.14. The largest absolute Gasteiger partial charge is 0.436 e. The van der Waals surface area contributed by atoms with Crippen LogP contribution in [0.5, 0.6) is 0 Å². The average Bonchev–Trinajstić information content (AvgIpc) is 3.24. The monoisotopic (exact) mass is 462 g/mol. The molecule has 0 saturated carbocycles. The number of nitrogens with zero attached hydrogens (tertiary/aromatic N) is 2. The van der Waals surface area contributed by atoms with Gasteiger partial charge >= 0.3 is 0 Å². The number of thiocarbonyl (C=S) groups is 1. The second-order valence-corrected chi connectivity index (χ2v) is 7.72. The van der Waals surface area contributed by atoms with Crippen molar-refractivity contribution >= 4 is 45.7 Å². The van der Waals surface area contributed by atoms with E-state index in [-0.39, 0.29) is 10.7 Å². The molecule has 1 amide bonds. The van der Waals surface area contributed by atoms with Gasteiger partial charge in [0.2, 0.25) is 5.89 Å². The van der Waals surface area contributed by atoms with Gasteiger partial charge in [-0.1, -0.05) is 12.1 Å². The molecule has 1 heterocycles. The van der Waals surface area contributed by atoms with Crippen LogP contribution in [0.3, 0.4) is 0 Å². The van der Waals surface area contributed by atoms with Crippen molar-refractivity contribution in [2.24, 2.45) is 0 Å². The van der Waals surface area contributed by atoms with E-state index in [1.807, 2.05) is 12.1 Å². The van der Waals surface area contributed by atoms with Crippen molar-refractivity contribution in [3.63, 3.8) is 0 Å².